The van der Waals surface area contributed by atoms with Crippen LogP contribution < -0.4 is 0 Å². The van der Waals surface area contributed by atoms with E-state index in [0.717, 1.165) is 5.56 Å². The summed E-state index contributed by atoms with van der Waals surface area (Å²) in [5.41, 5.74) is 2.53. The molecule has 0 spiro atoms. The first-order chi connectivity index (χ1) is 11.9. The van der Waals surface area contributed by atoms with Crippen molar-refractivity contribution >= 4 is 22.9 Å². The van der Waals surface area contributed by atoms with E-state index < -0.39 is 11.2 Å². The monoisotopic (exact) mass is 336 g/mol. The van der Waals surface area contributed by atoms with Crippen LogP contribution >= 0.6 is 0 Å². The van der Waals surface area contributed by atoms with Gasteiger partial charge >= 0.3 is 0 Å². The van der Waals surface area contributed by atoms with Crippen LogP contribution in [0.25, 0.3) is 10.9 Å². The molecule has 4 nitrogen and oxygen atoms in total. The Morgan fingerprint density at radius 3 is 2.72 bits per heavy atom. The zero-order valence-electron chi connectivity index (χ0n) is 14.1. The zero-order chi connectivity index (χ0) is 17.9. The summed E-state index contributed by atoms with van der Waals surface area (Å²) in [5, 5.41) is 10.4. The molecule has 1 aliphatic rings. The first-order valence-corrected chi connectivity index (χ1v) is 8.01. The standard InChI is InChI=1S/C20H17FN2O2/c1-20(2)14-8-11(24)5-7-12(14)18(25)15-13-6-4-10(9-22-3)16(21)17(13)23-19(15)20/h4-9,23-24H,1-3H3/b22-9+. The van der Waals surface area contributed by atoms with Gasteiger partial charge in [0, 0.05) is 40.9 Å². The molecule has 5 heteroatoms. The van der Waals surface area contributed by atoms with Crippen molar-refractivity contribution in [3.8, 4) is 5.75 Å². The lowest BCUT2D eigenvalue weighted by Gasteiger charge is -2.32. The number of nitrogens with one attached hydrogen (secondary N) is 1. The van der Waals surface area contributed by atoms with Crippen LogP contribution in [0.2, 0.25) is 0 Å². The van der Waals surface area contributed by atoms with Gasteiger partial charge in [-0.2, -0.15) is 0 Å². The number of aromatic hydroxyl groups is 1. The SMILES string of the molecule is C/N=C/c1ccc2c3c([nH]c2c1F)C(C)(C)c1cc(O)ccc1C3=O. The molecule has 0 amide bonds. The van der Waals surface area contributed by atoms with Gasteiger partial charge in [-0.1, -0.05) is 19.9 Å². The van der Waals surface area contributed by atoms with Gasteiger partial charge in [-0.25, -0.2) is 4.39 Å². The molecule has 1 aromatic heterocycles. The molecule has 0 bridgehead atoms. The maximum Gasteiger partial charge on any atom is 0.195 e. The molecule has 0 aliphatic heterocycles. The summed E-state index contributed by atoms with van der Waals surface area (Å²) < 4.78 is 14.8. The number of aromatic amines is 1. The Kier molecular flexibility index (Phi) is 3.13. The van der Waals surface area contributed by atoms with Gasteiger partial charge in [0.05, 0.1) is 11.1 Å². The van der Waals surface area contributed by atoms with Gasteiger partial charge in [-0.05, 0) is 29.8 Å². The molecule has 0 radical (unpaired) electrons. The highest BCUT2D eigenvalue weighted by Gasteiger charge is 2.40. The zero-order valence-corrected chi connectivity index (χ0v) is 14.1. The third-order valence-corrected chi connectivity index (χ3v) is 4.98. The molecular formula is C20H17FN2O2. The predicted octanol–water partition coefficient (Wildman–Crippen LogP) is 3.93. The Morgan fingerprint density at radius 1 is 1.24 bits per heavy atom. The second-order valence-corrected chi connectivity index (χ2v) is 6.84. The normalized spacial score (nSPS) is 15.6. The largest absolute Gasteiger partial charge is 0.508 e. The van der Waals surface area contributed by atoms with E-state index in [4.69, 9.17) is 0 Å². The fourth-order valence-corrected chi connectivity index (χ4v) is 3.70. The highest BCUT2D eigenvalue weighted by molar-refractivity contribution is 6.20. The maximum atomic E-state index is 14.8. The number of phenolic OH excluding ortho intramolecular Hbond substituents is 1. The van der Waals surface area contributed by atoms with Crippen molar-refractivity contribution in [1.29, 1.82) is 0 Å². The Hall–Kier alpha value is -2.95. The van der Waals surface area contributed by atoms with Crippen molar-refractivity contribution < 1.29 is 14.3 Å². The maximum absolute atomic E-state index is 14.8. The van der Waals surface area contributed by atoms with E-state index in [9.17, 15) is 14.3 Å². The average molecular weight is 336 g/mol. The number of carbonyl (C=O) groups is 1. The third-order valence-electron chi connectivity index (χ3n) is 4.98. The molecule has 0 fully saturated rings. The van der Waals surface area contributed by atoms with E-state index in [1.807, 2.05) is 13.8 Å². The van der Waals surface area contributed by atoms with Gasteiger partial charge in [-0.3, -0.25) is 9.79 Å². The van der Waals surface area contributed by atoms with E-state index in [1.165, 1.54) is 12.3 Å². The van der Waals surface area contributed by atoms with Gasteiger partial charge in [0.1, 0.15) is 5.75 Å². The topological polar surface area (TPSA) is 65.4 Å². The quantitative estimate of drug-likeness (QED) is 0.661. The molecule has 2 N–H and O–H groups in total. The summed E-state index contributed by atoms with van der Waals surface area (Å²) in [7, 11) is 1.58. The summed E-state index contributed by atoms with van der Waals surface area (Å²) in [6, 6.07) is 8.12. The smallest absolute Gasteiger partial charge is 0.195 e. The number of nitrogens with zero attached hydrogens (tertiary/aromatic N) is 1. The molecular weight excluding hydrogens is 319 g/mol. The molecule has 1 aliphatic carbocycles. The summed E-state index contributed by atoms with van der Waals surface area (Å²) in [4.78, 5) is 20.0. The van der Waals surface area contributed by atoms with E-state index in [0.29, 0.717) is 33.3 Å². The van der Waals surface area contributed by atoms with Crippen molar-refractivity contribution in [3.63, 3.8) is 0 Å². The minimum atomic E-state index is -0.568. The fourth-order valence-electron chi connectivity index (χ4n) is 3.70. The van der Waals surface area contributed by atoms with Crippen molar-refractivity contribution in [2.75, 3.05) is 7.05 Å². The minimum absolute atomic E-state index is 0.104. The number of fused-ring (bicyclic) bond motifs is 4. The first kappa shape index (κ1) is 15.6. The third kappa shape index (κ3) is 1.98. The molecule has 0 saturated carbocycles. The van der Waals surface area contributed by atoms with Crippen LogP contribution in [0.3, 0.4) is 0 Å². The van der Waals surface area contributed by atoms with Gasteiger partial charge in [-0.15, -0.1) is 0 Å². The lowest BCUT2D eigenvalue weighted by atomic mass is 9.71. The van der Waals surface area contributed by atoms with Crippen LogP contribution in [-0.2, 0) is 5.41 Å². The number of ketones is 1. The minimum Gasteiger partial charge on any atom is -0.508 e. The Morgan fingerprint density at radius 2 is 2.00 bits per heavy atom. The second-order valence-electron chi connectivity index (χ2n) is 6.84. The lowest BCUT2D eigenvalue weighted by Crippen LogP contribution is -2.30. The van der Waals surface area contributed by atoms with Crippen LogP contribution in [0.1, 0.15) is 46.6 Å². The lowest BCUT2D eigenvalue weighted by molar-refractivity contribution is 0.103. The molecule has 1 heterocycles. The summed E-state index contributed by atoms with van der Waals surface area (Å²) in [5.74, 6) is -0.480. The van der Waals surface area contributed by atoms with Gasteiger partial charge in [0.25, 0.3) is 0 Å². The van der Waals surface area contributed by atoms with Crippen LogP contribution in [0.4, 0.5) is 4.39 Å². The Balaban J connectivity index is 2.08. The number of hydrogen-bond acceptors (Lipinski definition) is 3. The first-order valence-electron chi connectivity index (χ1n) is 8.01. The number of carbonyl (C=O) groups excluding carboxylic acids is 1. The number of benzene rings is 2. The molecule has 3 aromatic rings. The molecule has 0 atom stereocenters. The number of hydrogen-bond donors (Lipinski definition) is 2. The van der Waals surface area contributed by atoms with Gasteiger partial charge in [0.2, 0.25) is 0 Å². The van der Waals surface area contributed by atoms with Crippen LogP contribution in [0.5, 0.6) is 5.75 Å². The highest BCUT2D eigenvalue weighted by atomic mass is 19.1. The Bertz CT molecular complexity index is 1080. The highest BCUT2D eigenvalue weighted by Crippen LogP contribution is 2.44. The van der Waals surface area contributed by atoms with Crippen molar-refractivity contribution in [3.05, 3.63) is 64.1 Å². The van der Waals surface area contributed by atoms with Crippen LogP contribution in [0.15, 0.2) is 35.3 Å². The van der Waals surface area contributed by atoms with E-state index in [-0.39, 0.29) is 11.5 Å². The van der Waals surface area contributed by atoms with Crippen molar-refractivity contribution in [2.24, 2.45) is 4.99 Å². The molecule has 0 unspecified atom stereocenters. The number of H-pyrrole nitrogens is 1. The molecule has 2 aromatic carbocycles. The number of phenols is 1. The second kappa shape index (κ2) is 5.02. The molecule has 0 saturated heterocycles. The number of halogens is 1. The number of rotatable bonds is 1. The van der Waals surface area contributed by atoms with Gasteiger partial charge in [0.15, 0.2) is 11.6 Å². The fraction of sp³-hybridized carbons (Fsp3) is 0.200. The van der Waals surface area contributed by atoms with Crippen molar-refractivity contribution in [2.45, 2.75) is 19.3 Å². The summed E-state index contributed by atoms with van der Waals surface area (Å²) in [6.07, 6.45) is 1.45. The van der Waals surface area contributed by atoms with E-state index in [1.54, 1.807) is 31.3 Å². The van der Waals surface area contributed by atoms with Crippen LogP contribution in [0, 0.1) is 5.82 Å². The van der Waals surface area contributed by atoms with E-state index >= 15 is 0 Å². The summed E-state index contributed by atoms with van der Waals surface area (Å²) >= 11 is 0. The number of aromatic nitrogens is 1. The van der Waals surface area contributed by atoms with Crippen LogP contribution in [-0.4, -0.2) is 29.1 Å². The molecule has 25 heavy (non-hydrogen) atoms. The average Bonchev–Trinajstić information content (AvgIpc) is 2.97. The predicted molar refractivity (Wildman–Crippen MR) is 95.4 cm³/mol. The summed E-state index contributed by atoms with van der Waals surface area (Å²) in [6.45, 7) is 3.91. The Labute approximate surface area is 144 Å². The molecule has 4 rings (SSSR count). The number of aliphatic imine (C=N–C) groups is 1. The van der Waals surface area contributed by atoms with Gasteiger partial charge < -0.3 is 10.1 Å². The molecule has 126 valence electrons. The van der Waals surface area contributed by atoms with E-state index in [2.05, 4.69) is 9.98 Å². The van der Waals surface area contributed by atoms with Crippen molar-refractivity contribution in [1.82, 2.24) is 4.98 Å².